The number of amides is 1. The highest BCUT2D eigenvalue weighted by Crippen LogP contribution is 2.23. The van der Waals surface area contributed by atoms with Crippen LogP contribution in [-0.4, -0.2) is 49.7 Å². The number of sulfonamides is 1. The van der Waals surface area contributed by atoms with Crippen molar-refractivity contribution in [2.75, 3.05) is 26.2 Å². The molecule has 2 aromatic rings. The molecular formula is C20H26N2O4S. The van der Waals surface area contributed by atoms with Gasteiger partial charge < -0.3 is 9.32 Å². The van der Waals surface area contributed by atoms with Crippen LogP contribution in [0.3, 0.4) is 0 Å². The van der Waals surface area contributed by atoms with Crippen molar-refractivity contribution in [3.05, 3.63) is 54.0 Å². The smallest absolute Gasteiger partial charge is 0.243 e. The number of hydrogen-bond donors (Lipinski definition) is 0. The Hall–Kier alpha value is -2.12. The van der Waals surface area contributed by atoms with Crippen molar-refractivity contribution in [3.63, 3.8) is 0 Å². The predicted molar refractivity (Wildman–Crippen MR) is 103 cm³/mol. The highest BCUT2D eigenvalue weighted by Gasteiger charge is 2.30. The molecule has 7 heteroatoms. The molecular weight excluding hydrogens is 364 g/mol. The van der Waals surface area contributed by atoms with Crippen molar-refractivity contribution in [1.82, 2.24) is 9.21 Å². The van der Waals surface area contributed by atoms with Gasteiger partial charge in [-0.05, 0) is 42.2 Å². The summed E-state index contributed by atoms with van der Waals surface area (Å²) in [5.41, 5.74) is 1.14. The van der Waals surface area contributed by atoms with Gasteiger partial charge in [0.05, 0.1) is 17.6 Å². The fraction of sp³-hybridized carbons (Fsp3) is 0.450. The van der Waals surface area contributed by atoms with E-state index in [2.05, 4.69) is 13.8 Å². The molecule has 0 aliphatic carbocycles. The van der Waals surface area contributed by atoms with Gasteiger partial charge in [0.15, 0.2) is 0 Å². The zero-order valence-electron chi connectivity index (χ0n) is 15.8. The lowest BCUT2D eigenvalue weighted by molar-refractivity contribution is -0.131. The van der Waals surface area contributed by atoms with Crippen molar-refractivity contribution >= 4 is 15.9 Å². The minimum Gasteiger partial charge on any atom is -0.469 e. The molecule has 1 saturated heterocycles. The van der Waals surface area contributed by atoms with Crippen molar-refractivity contribution < 1.29 is 17.6 Å². The van der Waals surface area contributed by atoms with Gasteiger partial charge in [0, 0.05) is 26.2 Å². The van der Waals surface area contributed by atoms with E-state index < -0.39 is 10.0 Å². The van der Waals surface area contributed by atoms with Gasteiger partial charge in [0.2, 0.25) is 15.9 Å². The van der Waals surface area contributed by atoms with Gasteiger partial charge in [-0.25, -0.2) is 8.42 Å². The highest BCUT2D eigenvalue weighted by atomic mass is 32.2. The predicted octanol–water partition coefficient (Wildman–Crippen LogP) is 2.87. The second kappa shape index (κ2) is 8.27. The zero-order valence-corrected chi connectivity index (χ0v) is 16.6. The van der Waals surface area contributed by atoms with Gasteiger partial charge in [-0.15, -0.1) is 0 Å². The molecule has 3 rings (SSSR count). The molecule has 1 atom stereocenters. The third kappa shape index (κ3) is 4.42. The van der Waals surface area contributed by atoms with Crippen LogP contribution in [0.15, 0.2) is 52.0 Å². The first-order chi connectivity index (χ1) is 12.9. The number of furan rings is 1. The molecule has 1 aliphatic rings. The molecule has 2 heterocycles. The van der Waals surface area contributed by atoms with Crippen LogP contribution in [0.1, 0.15) is 37.5 Å². The van der Waals surface area contributed by atoms with Gasteiger partial charge in [0.25, 0.3) is 0 Å². The largest absolute Gasteiger partial charge is 0.469 e. The molecule has 0 spiro atoms. The summed E-state index contributed by atoms with van der Waals surface area (Å²) in [7, 11) is -3.53. The lowest BCUT2D eigenvalue weighted by atomic mass is 9.99. The maximum atomic E-state index is 12.9. The summed E-state index contributed by atoms with van der Waals surface area (Å²) in [6.45, 7) is 5.64. The maximum absolute atomic E-state index is 12.9. The van der Waals surface area contributed by atoms with Gasteiger partial charge in [0.1, 0.15) is 5.76 Å². The number of carbonyl (C=O) groups excluding carboxylic acids is 1. The highest BCUT2D eigenvalue weighted by molar-refractivity contribution is 7.89. The van der Waals surface area contributed by atoms with Gasteiger partial charge in [-0.3, -0.25) is 4.79 Å². The summed E-state index contributed by atoms with van der Waals surface area (Å²) in [6.07, 6.45) is 2.76. The van der Waals surface area contributed by atoms with Crippen molar-refractivity contribution in [2.45, 2.75) is 37.5 Å². The first-order valence-corrected chi connectivity index (χ1v) is 10.8. The molecule has 1 aromatic carbocycles. The topological polar surface area (TPSA) is 70.8 Å². The fourth-order valence-corrected chi connectivity index (χ4v) is 4.63. The Bertz CT molecular complexity index is 852. The molecule has 0 bridgehead atoms. The Kier molecular flexibility index (Phi) is 6.01. The summed E-state index contributed by atoms with van der Waals surface area (Å²) in [4.78, 5) is 14.3. The monoisotopic (exact) mass is 390 g/mol. The molecule has 0 unspecified atom stereocenters. The zero-order chi connectivity index (χ0) is 19.4. The van der Waals surface area contributed by atoms with Crippen molar-refractivity contribution in [3.8, 4) is 0 Å². The van der Waals surface area contributed by atoms with E-state index in [-0.39, 0.29) is 12.3 Å². The quantitative estimate of drug-likeness (QED) is 0.760. The molecule has 6 nitrogen and oxygen atoms in total. The van der Waals surface area contributed by atoms with Gasteiger partial charge in [-0.1, -0.05) is 26.0 Å². The number of nitrogens with zero attached hydrogens (tertiary/aromatic N) is 2. The summed E-state index contributed by atoms with van der Waals surface area (Å²) in [5.74, 6) is 0.988. The molecule has 1 fully saturated rings. The number of carbonyl (C=O) groups is 1. The Morgan fingerprint density at radius 2 is 1.78 bits per heavy atom. The molecule has 0 N–H and O–H groups in total. The van der Waals surface area contributed by atoms with E-state index >= 15 is 0 Å². The third-order valence-corrected chi connectivity index (χ3v) is 7.11. The van der Waals surface area contributed by atoms with Crippen LogP contribution in [-0.2, 0) is 21.2 Å². The van der Waals surface area contributed by atoms with Crippen LogP contribution >= 0.6 is 0 Å². The summed E-state index contributed by atoms with van der Waals surface area (Å²) >= 11 is 0. The van der Waals surface area contributed by atoms with Crippen LogP contribution in [0.2, 0.25) is 0 Å². The van der Waals surface area contributed by atoms with E-state index in [4.69, 9.17) is 4.42 Å². The first kappa shape index (κ1) is 19.6. The van der Waals surface area contributed by atoms with Crippen molar-refractivity contribution in [1.29, 1.82) is 0 Å². The minimum absolute atomic E-state index is 0.0418. The molecule has 1 aromatic heterocycles. The van der Waals surface area contributed by atoms with E-state index in [1.54, 1.807) is 35.4 Å². The van der Waals surface area contributed by atoms with Crippen LogP contribution in [0, 0.1) is 0 Å². The standard InChI is InChI=1S/C20H26N2O4S/c1-3-16(2)17-6-8-19(9-7-17)27(24,25)22-12-10-21(11-13-22)20(23)15-18-5-4-14-26-18/h4-9,14,16H,3,10-13,15H2,1-2H3/t16-/m0/s1. The Balaban J connectivity index is 1.61. The molecule has 0 saturated carbocycles. The lowest BCUT2D eigenvalue weighted by Gasteiger charge is -2.34. The summed E-state index contributed by atoms with van der Waals surface area (Å²) in [6, 6.07) is 10.7. The molecule has 0 radical (unpaired) electrons. The minimum atomic E-state index is -3.53. The molecule has 1 aliphatic heterocycles. The normalized spacial score (nSPS) is 17.0. The van der Waals surface area contributed by atoms with E-state index in [1.165, 1.54) is 4.31 Å². The summed E-state index contributed by atoms with van der Waals surface area (Å²) in [5, 5.41) is 0. The van der Waals surface area contributed by atoms with Crippen LogP contribution < -0.4 is 0 Å². The Morgan fingerprint density at radius 1 is 1.11 bits per heavy atom. The number of rotatable bonds is 6. The Labute approximate surface area is 160 Å². The van der Waals surface area contributed by atoms with E-state index in [1.807, 2.05) is 12.1 Å². The maximum Gasteiger partial charge on any atom is 0.243 e. The number of piperazine rings is 1. The SMILES string of the molecule is CC[C@H](C)c1ccc(S(=O)(=O)N2CCN(C(=O)Cc3ccco3)CC2)cc1. The van der Waals surface area contributed by atoms with Crippen LogP contribution in [0.4, 0.5) is 0 Å². The molecule has 146 valence electrons. The van der Waals surface area contributed by atoms with Crippen LogP contribution in [0.25, 0.3) is 0 Å². The van der Waals surface area contributed by atoms with E-state index in [0.717, 1.165) is 12.0 Å². The second-order valence-electron chi connectivity index (χ2n) is 6.92. The second-order valence-corrected chi connectivity index (χ2v) is 8.86. The first-order valence-electron chi connectivity index (χ1n) is 9.32. The summed E-state index contributed by atoms with van der Waals surface area (Å²) < 4.78 is 32.4. The molecule has 27 heavy (non-hydrogen) atoms. The van der Waals surface area contributed by atoms with Crippen molar-refractivity contribution in [2.24, 2.45) is 0 Å². The number of hydrogen-bond acceptors (Lipinski definition) is 4. The van der Waals surface area contributed by atoms with E-state index in [9.17, 15) is 13.2 Å². The van der Waals surface area contributed by atoms with Crippen LogP contribution in [0.5, 0.6) is 0 Å². The Morgan fingerprint density at radius 3 is 2.33 bits per heavy atom. The lowest BCUT2D eigenvalue weighted by Crippen LogP contribution is -2.50. The van der Waals surface area contributed by atoms with Gasteiger partial charge >= 0.3 is 0 Å². The average Bonchev–Trinajstić information content (AvgIpc) is 3.20. The van der Waals surface area contributed by atoms with E-state index in [0.29, 0.717) is 42.8 Å². The number of benzene rings is 1. The average molecular weight is 391 g/mol. The molecule has 1 amide bonds. The third-order valence-electron chi connectivity index (χ3n) is 5.20. The fourth-order valence-electron chi connectivity index (χ4n) is 3.20. The van der Waals surface area contributed by atoms with Gasteiger partial charge in [-0.2, -0.15) is 4.31 Å².